The van der Waals surface area contributed by atoms with Crippen LogP contribution in [0.5, 0.6) is 5.75 Å². The summed E-state index contributed by atoms with van der Waals surface area (Å²) < 4.78 is 17.5. The lowest BCUT2D eigenvalue weighted by Crippen LogP contribution is -2.44. The van der Waals surface area contributed by atoms with E-state index in [1.807, 2.05) is 71.0 Å². The molecule has 2 aromatic carbocycles. The number of rotatable bonds is 13. The van der Waals surface area contributed by atoms with Crippen molar-refractivity contribution in [2.45, 2.75) is 54.1 Å². The summed E-state index contributed by atoms with van der Waals surface area (Å²) in [5, 5.41) is 2.91. The van der Waals surface area contributed by atoms with Crippen LogP contribution in [0.4, 0.5) is 4.79 Å². The fourth-order valence-corrected chi connectivity index (χ4v) is 4.71. The minimum atomic E-state index is -0.606. The van der Waals surface area contributed by atoms with E-state index in [1.54, 1.807) is 32.4 Å². The summed E-state index contributed by atoms with van der Waals surface area (Å²) in [6.07, 6.45) is 4.85. The first-order valence-corrected chi connectivity index (χ1v) is 15.2. The molecule has 0 saturated carbocycles. The smallest absolute Gasteiger partial charge is 0.326 e. The van der Waals surface area contributed by atoms with Crippen molar-refractivity contribution in [1.29, 1.82) is 0 Å². The Morgan fingerprint density at radius 1 is 1.09 bits per heavy atom. The lowest BCUT2D eigenvalue weighted by Gasteiger charge is -2.22. The van der Waals surface area contributed by atoms with Crippen LogP contribution in [0.2, 0.25) is 10.0 Å². The first-order chi connectivity index (χ1) is 21.0. The Bertz CT molecular complexity index is 1390. The molecule has 0 heterocycles. The molecule has 0 unspecified atom stereocenters. The summed E-state index contributed by atoms with van der Waals surface area (Å²) in [4.78, 5) is 31.8. The molecule has 0 radical (unpaired) electrons. The van der Waals surface area contributed by atoms with Crippen LogP contribution < -0.4 is 10.1 Å². The highest BCUT2D eigenvalue weighted by Gasteiger charge is 2.26. The number of hydrogen-bond donors (Lipinski definition) is 1. The molecule has 238 valence electrons. The number of hydrogen-bond acceptors (Lipinski definition) is 6. The predicted octanol–water partition coefficient (Wildman–Crippen LogP) is 8.45. The number of nitrogens with one attached hydrogen (secondary N) is 1. The first kappa shape index (κ1) is 36.6. The highest BCUT2D eigenvalue weighted by atomic mass is 35.5. The summed E-state index contributed by atoms with van der Waals surface area (Å²) in [6.45, 7) is 9.93. The van der Waals surface area contributed by atoms with Crippen molar-refractivity contribution < 1.29 is 23.8 Å². The number of carbonyl (C=O) groups excluding carboxylic acids is 2. The summed E-state index contributed by atoms with van der Waals surface area (Å²) >= 11 is 13.5. The van der Waals surface area contributed by atoms with Crippen LogP contribution in [-0.4, -0.2) is 50.7 Å². The molecule has 0 aliphatic rings. The van der Waals surface area contributed by atoms with Gasteiger partial charge in [-0.1, -0.05) is 87.3 Å². The van der Waals surface area contributed by atoms with Gasteiger partial charge >= 0.3 is 6.03 Å². The fraction of sp³-hybridized carbons (Fsp3) is 0.382. The van der Waals surface area contributed by atoms with Gasteiger partial charge in [-0.05, 0) is 60.6 Å². The Labute approximate surface area is 271 Å². The van der Waals surface area contributed by atoms with Crippen molar-refractivity contribution in [3.05, 3.63) is 92.7 Å². The van der Waals surface area contributed by atoms with Crippen LogP contribution >= 0.6 is 23.2 Å². The van der Waals surface area contributed by atoms with E-state index in [4.69, 9.17) is 37.4 Å². The molecule has 10 heteroatoms. The maximum absolute atomic E-state index is 13.8. The number of aliphatic imine (C=N–C) groups is 1. The largest absolute Gasteiger partial charge is 0.481 e. The van der Waals surface area contributed by atoms with E-state index in [0.717, 1.165) is 28.0 Å². The normalized spacial score (nSPS) is 13.0. The number of urea groups is 1. The van der Waals surface area contributed by atoms with Gasteiger partial charge < -0.3 is 19.5 Å². The molecule has 0 saturated heterocycles. The highest BCUT2D eigenvalue weighted by molar-refractivity contribution is 6.38. The van der Waals surface area contributed by atoms with Crippen LogP contribution in [0.3, 0.4) is 0 Å². The van der Waals surface area contributed by atoms with Crippen molar-refractivity contribution in [2.75, 3.05) is 27.9 Å². The van der Waals surface area contributed by atoms with E-state index in [0.29, 0.717) is 23.6 Å². The van der Waals surface area contributed by atoms with Crippen molar-refractivity contribution in [2.24, 2.45) is 10.9 Å². The van der Waals surface area contributed by atoms with Crippen LogP contribution in [-0.2, 0) is 20.9 Å². The van der Waals surface area contributed by atoms with E-state index in [1.165, 1.54) is 7.05 Å². The SMILES string of the molecule is CC/C=C(/C(=O)N(COCc1ccccc1)C(=O)NC)c1cc(Cl)c(OC(/C=C(\C(=NC)OC)C(C)C)=C(/C)CC)c(Cl)c1. The Hall–Kier alpha value is -3.59. The van der Waals surface area contributed by atoms with Gasteiger partial charge in [0.15, 0.2) is 5.75 Å². The standard InChI is InChI=1S/C34H43Cl2N3O5/c1-9-14-26(33(40)39(34(41)38-7)21-43-20-24-15-12-11-13-16-24)25-17-28(35)31(29(36)18-25)44-30(23(5)10-2)19-27(22(3)4)32(37-6)42-8/h11-19,22H,9-10,20-21H2,1-8H3,(H,38,41)/b26-14+,27-19-,30-23-,37-32?. The molecule has 0 spiro atoms. The van der Waals surface area contributed by atoms with Gasteiger partial charge in [-0.15, -0.1) is 0 Å². The Morgan fingerprint density at radius 2 is 1.73 bits per heavy atom. The van der Waals surface area contributed by atoms with Crippen LogP contribution in [0, 0.1) is 5.92 Å². The topological polar surface area (TPSA) is 89.5 Å². The maximum atomic E-state index is 13.8. The predicted molar refractivity (Wildman–Crippen MR) is 179 cm³/mol. The molecule has 0 atom stereocenters. The zero-order valence-corrected chi connectivity index (χ0v) is 28.3. The molecular formula is C34H43Cl2N3O5. The van der Waals surface area contributed by atoms with Gasteiger partial charge in [0.2, 0.25) is 5.90 Å². The summed E-state index contributed by atoms with van der Waals surface area (Å²) in [5.41, 5.74) is 3.42. The third kappa shape index (κ3) is 9.97. The Morgan fingerprint density at radius 3 is 2.23 bits per heavy atom. The number of allylic oxidation sites excluding steroid dienone is 3. The zero-order valence-electron chi connectivity index (χ0n) is 26.8. The van der Waals surface area contributed by atoms with Crippen molar-refractivity contribution in [3.8, 4) is 5.75 Å². The van der Waals surface area contributed by atoms with Crippen molar-refractivity contribution >= 4 is 46.6 Å². The molecule has 0 aliphatic heterocycles. The third-order valence-electron chi connectivity index (χ3n) is 6.70. The number of imide groups is 1. The van der Waals surface area contributed by atoms with Gasteiger partial charge in [0, 0.05) is 25.2 Å². The molecule has 0 aromatic heterocycles. The number of methoxy groups -OCH3 is 1. The fourth-order valence-electron chi connectivity index (χ4n) is 4.14. The average Bonchev–Trinajstić information content (AvgIpc) is 3.02. The number of amides is 3. The van der Waals surface area contributed by atoms with E-state index < -0.39 is 11.9 Å². The van der Waals surface area contributed by atoms with Gasteiger partial charge in [0.1, 0.15) is 12.5 Å². The van der Waals surface area contributed by atoms with Gasteiger partial charge in [0.25, 0.3) is 5.91 Å². The molecule has 8 nitrogen and oxygen atoms in total. The monoisotopic (exact) mass is 643 g/mol. The molecule has 0 bridgehead atoms. The molecule has 0 aliphatic carbocycles. The van der Waals surface area contributed by atoms with Crippen molar-refractivity contribution in [1.82, 2.24) is 10.2 Å². The summed E-state index contributed by atoms with van der Waals surface area (Å²) in [6, 6.07) is 12.1. The number of benzene rings is 2. The lowest BCUT2D eigenvalue weighted by molar-refractivity contribution is -0.126. The molecule has 44 heavy (non-hydrogen) atoms. The molecule has 0 fully saturated rings. The second kappa shape index (κ2) is 18.3. The van der Waals surface area contributed by atoms with E-state index >= 15 is 0 Å². The minimum absolute atomic E-state index is 0.0953. The number of ether oxygens (including phenoxy) is 3. The molecule has 2 rings (SSSR count). The second-order valence-corrected chi connectivity index (χ2v) is 10.9. The zero-order chi connectivity index (χ0) is 32.8. The molecule has 2 aromatic rings. The number of halogens is 2. The number of nitrogens with zero attached hydrogens (tertiary/aromatic N) is 2. The van der Waals surface area contributed by atoms with Crippen LogP contribution in [0.1, 0.15) is 58.6 Å². The van der Waals surface area contributed by atoms with E-state index in [-0.39, 0.29) is 40.6 Å². The Balaban J connectivity index is 2.48. The summed E-state index contributed by atoms with van der Waals surface area (Å²) in [7, 11) is 4.69. The van der Waals surface area contributed by atoms with Gasteiger partial charge in [-0.2, -0.15) is 0 Å². The molecular weight excluding hydrogens is 601 g/mol. The van der Waals surface area contributed by atoms with Crippen LogP contribution in [0.15, 0.2) is 76.5 Å². The van der Waals surface area contributed by atoms with E-state index in [9.17, 15) is 9.59 Å². The number of carbonyl (C=O) groups is 2. The molecule has 3 amide bonds. The molecule has 1 N–H and O–H groups in total. The van der Waals surface area contributed by atoms with Gasteiger partial charge in [0.05, 0.1) is 23.8 Å². The van der Waals surface area contributed by atoms with Gasteiger partial charge in [-0.3, -0.25) is 9.79 Å². The lowest BCUT2D eigenvalue weighted by atomic mass is 10.0. The third-order valence-corrected chi connectivity index (χ3v) is 7.26. The van der Waals surface area contributed by atoms with Crippen molar-refractivity contribution in [3.63, 3.8) is 0 Å². The highest BCUT2D eigenvalue weighted by Crippen LogP contribution is 2.39. The maximum Gasteiger partial charge on any atom is 0.326 e. The Kier molecular flexibility index (Phi) is 15.2. The van der Waals surface area contributed by atoms with Gasteiger partial charge in [-0.25, -0.2) is 9.69 Å². The van der Waals surface area contributed by atoms with E-state index in [2.05, 4.69) is 10.3 Å². The first-order valence-electron chi connectivity index (χ1n) is 14.5. The van der Waals surface area contributed by atoms with Crippen LogP contribution in [0.25, 0.3) is 5.57 Å². The second-order valence-electron chi connectivity index (χ2n) is 10.1. The average molecular weight is 645 g/mol. The quantitative estimate of drug-likeness (QED) is 0.0590. The summed E-state index contributed by atoms with van der Waals surface area (Å²) in [5.74, 6) is 0.840. The minimum Gasteiger partial charge on any atom is -0.481 e.